The first kappa shape index (κ1) is 20.7. The minimum absolute atomic E-state index is 0.0297. The molecule has 0 N–H and O–H groups in total. The Hall–Kier alpha value is -3.18. The standard InChI is InChI=1S/C26H24ClN3O2/c1-17(31)29-12-14-30(15-13-29)26(32)24-20-7-3-5-9-23(20)28-25-19(10-11-21(24)25)16-18-6-2-4-8-22(18)27/h2-9,16H,10-15H2,1H3/b19-16+. The Morgan fingerprint density at radius 1 is 0.938 bits per heavy atom. The zero-order valence-electron chi connectivity index (χ0n) is 18.0. The molecule has 2 amide bonds. The Morgan fingerprint density at radius 3 is 2.38 bits per heavy atom. The van der Waals surface area contributed by atoms with Crippen molar-refractivity contribution in [1.82, 2.24) is 14.8 Å². The van der Waals surface area contributed by atoms with E-state index in [0.717, 1.165) is 51.7 Å². The van der Waals surface area contributed by atoms with E-state index in [4.69, 9.17) is 16.6 Å². The van der Waals surface area contributed by atoms with Crippen LogP contribution < -0.4 is 0 Å². The molecule has 5 nitrogen and oxygen atoms in total. The van der Waals surface area contributed by atoms with E-state index >= 15 is 0 Å². The number of halogens is 1. The summed E-state index contributed by atoms with van der Waals surface area (Å²) in [5, 5.41) is 1.60. The van der Waals surface area contributed by atoms with Crippen molar-refractivity contribution in [3.05, 3.63) is 75.9 Å². The number of amides is 2. The number of nitrogens with zero attached hydrogens (tertiary/aromatic N) is 3. The summed E-state index contributed by atoms with van der Waals surface area (Å²) in [5.41, 5.74) is 5.55. The Kier molecular flexibility index (Phi) is 5.43. The molecular weight excluding hydrogens is 422 g/mol. The van der Waals surface area contributed by atoms with Crippen LogP contribution in [0.25, 0.3) is 22.6 Å². The quantitative estimate of drug-likeness (QED) is 0.575. The molecule has 1 saturated heterocycles. The zero-order valence-corrected chi connectivity index (χ0v) is 18.7. The molecule has 1 aromatic heterocycles. The van der Waals surface area contributed by atoms with Crippen LogP contribution in [0.1, 0.15) is 40.5 Å². The Labute approximate surface area is 192 Å². The van der Waals surface area contributed by atoms with Crippen LogP contribution in [-0.2, 0) is 11.2 Å². The smallest absolute Gasteiger partial charge is 0.255 e. The molecule has 1 aliphatic heterocycles. The summed E-state index contributed by atoms with van der Waals surface area (Å²) in [6.07, 6.45) is 3.69. The van der Waals surface area contributed by atoms with E-state index in [2.05, 4.69) is 6.08 Å². The highest BCUT2D eigenvalue weighted by Gasteiger charge is 2.31. The number of pyridine rings is 1. The van der Waals surface area contributed by atoms with Gasteiger partial charge in [-0.25, -0.2) is 4.98 Å². The highest BCUT2D eigenvalue weighted by Crippen LogP contribution is 2.38. The normalized spacial score (nSPS) is 17.1. The summed E-state index contributed by atoms with van der Waals surface area (Å²) in [4.78, 5) is 34.0. The van der Waals surface area contributed by atoms with Crippen LogP contribution in [0, 0.1) is 0 Å². The third-order valence-electron chi connectivity index (χ3n) is 6.40. The fraction of sp³-hybridized carbons (Fsp3) is 0.269. The van der Waals surface area contributed by atoms with E-state index < -0.39 is 0 Å². The number of fused-ring (bicyclic) bond motifs is 2. The fourth-order valence-electron chi connectivity index (χ4n) is 4.69. The van der Waals surface area contributed by atoms with Gasteiger partial charge in [-0.15, -0.1) is 0 Å². The van der Waals surface area contributed by atoms with Crippen LogP contribution in [0.15, 0.2) is 48.5 Å². The average molecular weight is 446 g/mol. The molecule has 0 atom stereocenters. The lowest BCUT2D eigenvalue weighted by atomic mass is 9.99. The molecule has 162 valence electrons. The van der Waals surface area contributed by atoms with Gasteiger partial charge in [-0.3, -0.25) is 9.59 Å². The van der Waals surface area contributed by atoms with Crippen molar-refractivity contribution in [3.63, 3.8) is 0 Å². The van der Waals surface area contributed by atoms with Gasteiger partial charge in [-0.1, -0.05) is 48.0 Å². The molecule has 2 aliphatic rings. The second kappa shape index (κ2) is 8.40. The van der Waals surface area contributed by atoms with Gasteiger partial charge < -0.3 is 9.80 Å². The monoisotopic (exact) mass is 445 g/mol. The minimum Gasteiger partial charge on any atom is -0.339 e. The first-order valence-corrected chi connectivity index (χ1v) is 11.3. The molecule has 5 rings (SSSR count). The summed E-state index contributed by atoms with van der Waals surface area (Å²) in [5.74, 6) is 0.0868. The Morgan fingerprint density at radius 2 is 1.62 bits per heavy atom. The molecule has 1 aliphatic carbocycles. The molecule has 3 aromatic rings. The number of para-hydroxylation sites is 1. The molecule has 1 fully saturated rings. The molecular formula is C26H24ClN3O2. The molecule has 2 aromatic carbocycles. The summed E-state index contributed by atoms with van der Waals surface area (Å²) >= 11 is 6.39. The highest BCUT2D eigenvalue weighted by molar-refractivity contribution is 6.32. The van der Waals surface area contributed by atoms with Crippen molar-refractivity contribution in [2.24, 2.45) is 0 Å². The third-order valence-corrected chi connectivity index (χ3v) is 6.75. The Balaban J connectivity index is 1.58. The van der Waals surface area contributed by atoms with Crippen LogP contribution in [0.5, 0.6) is 0 Å². The number of rotatable bonds is 2. The fourth-order valence-corrected chi connectivity index (χ4v) is 4.88. The van der Waals surface area contributed by atoms with E-state index in [0.29, 0.717) is 31.2 Å². The first-order chi connectivity index (χ1) is 15.5. The molecule has 0 radical (unpaired) electrons. The summed E-state index contributed by atoms with van der Waals surface area (Å²) < 4.78 is 0. The number of hydrogen-bond acceptors (Lipinski definition) is 3. The van der Waals surface area contributed by atoms with Crippen LogP contribution in [0.4, 0.5) is 0 Å². The van der Waals surface area contributed by atoms with E-state index in [9.17, 15) is 9.59 Å². The summed E-state index contributed by atoms with van der Waals surface area (Å²) in [7, 11) is 0. The third kappa shape index (κ3) is 3.67. The SMILES string of the molecule is CC(=O)N1CCN(C(=O)c2c3c(nc4ccccc24)/C(=C/c2ccccc2Cl)CC3)CC1. The van der Waals surface area contributed by atoms with Crippen molar-refractivity contribution >= 4 is 46.0 Å². The highest BCUT2D eigenvalue weighted by atomic mass is 35.5. The second-order valence-corrected chi connectivity index (χ2v) is 8.73. The zero-order chi connectivity index (χ0) is 22.2. The lowest BCUT2D eigenvalue weighted by Gasteiger charge is -2.34. The maximum Gasteiger partial charge on any atom is 0.255 e. The van der Waals surface area contributed by atoms with Crippen LogP contribution in [0.2, 0.25) is 5.02 Å². The van der Waals surface area contributed by atoms with Gasteiger partial charge in [0.15, 0.2) is 0 Å². The van der Waals surface area contributed by atoms with Gasteiger partial charge in [-0.05, 0) is 47.8 Å². The number of benzene rings is 2. The Bertz CT molecular complexity index is 1260. The molecule has 0 unspecified atom stereocenters. The number of aromatic nitrogens is 1. The predicted octanol–water partition coefficient (Wildman–Crippen LogP) is 4.68. The van der Waals surface area contributed by atoms with Gasteiger partial charge in [0.2, 0.25) is 5.91 Å². The van der Waals surface area contributed by atoms with Crippen molar-refractivity contribution < 1.29 is 9.59 Å². The van der Waals surface area contributed by atoms with Gasteiger partial charge >= 0.3 is 0 Å². The van der Waals surface area contributed by atoms with Crippen molar-refractivity contribution in [1.29, 1.82) is 0 Å². The molecule has 2 heterocycles. The van der Waals surface area contributed by atoms with Gasteiger partial charge in [0.05, 0.1) is 16.8 Å². The molecule has 0 spiro atoms. The van der Waals surface area contributed by atoms with E-state index in [-0.39, 0.29) is 11.8 Å². The predicted molar refractivity (Wildman–Crippen MR) is 128 cm³/mol. The lowest BCUT2D eigenvalue weighted by Crippen LogP contribution is -2.50. The van der Waals surface area contributed by atoms with Crippen LogP contribution in [0.3, 0.4) is 0 Å². The number of carbonyl (C=O) groups excluding carboxylic acids is 2. The molecule has 6 heteroatoms. The van der Waals surface area contributed by atoms with Gasteiger partial charge in [-0.2, -0.15) is 0 Å². The molecule has 32 heavy (non-hydrogen) atoms. The van der Waals surface area contributed by atoms with Crippen molar-refractivity contribution in [2.45, 2.75) is 19.8 Å². The van der Waals surface area contributed by atoms with E-state index in [1.165, 1.54) is 0 Å². The van der Waals surface area contributed by atoms with Crippen molar-refractivity contribution in [2.75, 3.05) is 26.2 Å². The minimum atomic E-state index is 0.0297. The lowest BCUT2D eigenvalue weighted by molar-refractivity contribution is -0.130. The number of carbonyl (C=O) groups is 2. The topological polar surface area (TPSA) is 53.5 Å². The maximum absolute atomic E-state index is 13.7. The van der Waals surface area contributed by atoms with Crippen LogP contribution in [-0.4, -0.2) is 52.8 Å². The number of piperazine rings is 1. The number of hydrogen-bond donors (Lipinski definition) is 0. The molecule has 0 saturated carbocycles. The van der Waals surface area contributed by atoms with Gasteiger partial charge in [0.1, 0.15) is 0 Å². The summed E-state index contributed by atoms with van der Waals surface area (Å²) in [6, 6.07) is 15.6. The second-order valence-electron chi connectivity index (χ2n) is 8.32. The van der Waals surface area contributed by atoms with Crippen LogP contribution >= 0.6 is 11.6 Å². The maximum atomic E-state index is 13.7. The van der Waals surface area contributed by atoms with Gasteiger partial charge in [0.25, 0.3) is 5.91 Å². The average Bonchev–Trinajstić information content (AvgIpc) is 3.20. The number of allylic oxidation sites excluding steroid dienone is 1. The van der Waals surface area contributed by atoms with E-state index in [1.54, 1.807) is 11.8 Å². The molecule has 0 bridgehead atoms. The summed E-state index contributed by atoms with van der Waals surface area (Å²) in [6.45, 7) is 3.82. The first-order valence-electron chi connectivity index (χ1n) is 10.9. The van der Waals surface area contributed by atoms with Crippen molar-refractivity contribution in [3.8, 4) is 0 Å². The van der Waals surface area contributed by atoms with E-state index in [1.807, 2.05) is 53.4 Å². The largest absolute Gasteiger partial charge is 0.339 e. The van der Waals surface area contributed by atoms with Gasteiger partial charge in [0, 0.05) is 43.5 Å².